The normalized spacial score (nSPS) is 15.0. The Morgan fingerprint density at radius 1 is 1.25 bits per heavy atom. The van der Waals surface area contributed by atoms with Crippen LogP contribution in [0, 0.1) is 5.41 Å². The van der Waals surface area contributed by atoms with E-state index in [9.17, 15) is 0 Å². The van der Waals surface area contributed by atoms with Gasteiger partial charge in [-0.05, 0) is 17.6 Å². The van der Waals surface area contributed by atoms with Crippen LogP contribution in [-0.4, -0.2) is 23.9 Å². The molecule has 1 aliphatic heterocycles. The van der Waals surface area contributed by atoms with Gasteiger partial charge in [0.25, 0.3) is 0 Å². The highest BCUT2D eigenvalue weighted by Crippen LogP contribution is 2.21. The predicted molar refractivity (Wildman–Crippen MR) is 69.8 cm³/mol. The summed E-state index contributed by atoms with van der Waals surface area (Å²) in [5.41, 5.74) is 8.06. The lowest BCUT2D eigenvalue weighted by Crippen LogP contribution is -2.39. The summed E-state index contributed by atoms with van der Waals surface area (Å²) in [6, 6.07) is 10.4. The Labute approximate surface area is 102 Å². The molecule has 0 fully saturated rings. The van der Waals surface area contributed by atoms with Gasteiger partial charge in [-0.3, -0.25) is 5.41 Å². The Balaban J connectivity index is 0.00000128. The highest BCUT2D eigenvalue weighted by atomic mass is 35.5. The van der Waals surface area contributed by atoms with Crippen LogP contribution >= 0.6 is 12.4 Å². The minimum Gasteiger partial charge on any atom is -0.370 e. The average molecular weight is 238 g/mol. The number of nitrogens with zero attached hydrogens (tertiary/aromatic N) is 1. The molecule has 0 saturated carbocycles. The van der Waals surface area contributed by atoms with Gasteiger partial charge < -0.3 is 10.6 Å². The summed E-state index contributed by atoms with van der Waals surface area (Å²) in [7, 11) is 0. The maximum Gasteiger partial charge on any atom is 0.188 e. The van der Waals surface area contributed by atoms with Gasteiger partial charge in [0.15, 0.2) is 5.96 Å². The van der Waals surface area contributed by atoms with Crippen molar-refractivity contribution in [3.63, 3.8) is 0 Å². The fourth-order valence-corrected chi connectivity index (χ4v) is 1.80. The first-order valence-corrected chi connectivity index (χ1v) is 5.11. The first kappa shape index (κ1) is 12.6. The minimum atomic E-state index is 0. The van der Waals surface area contributed by atoms with E-state index in [1.54, 1.807) is 0 Å². The highest BCUT2D eigenvalue weighted by molar-refractivity contribution is 5.85. The summed E-state index contributed by atoms with van der Waals surface area (Å²) < 4.78 is 0. The number of guanidine groups is 1. The molecular weight excluding hydrogens is 222 g/mol. The predicted octanol–water partition coefficient (Wildman–Crippen LogP) is 2.09. The average Bonchev–Trinajstić information content (AvgIpc) is 2.30. The molecule has 1 aromatic carbocycles. The molecule has 0 amide bonds. The molecule has 1 heterocycles. The molecule has 0 atom stereocenters. The van der Waals surface area contributed by atoms with Crippen LogP contribution in [0.15, 0.2) is 36.4 Å². The van der Waals surface area contributed by atoms with Crippen LogP contribution in [0.3, 0.4) is 0 Å². The number of rotatable bonds is 1. The second kappa shape index (κ2) is 5.56. The summed E-state index contributed by atoms with van der Waals surface area (Å²) in [6.07, 6.45) is 3.11. The summed E-state index contributed by atoms with van der Waals surface area (Å²) in [6.45, 7) is 1.59. The zero-order chi connectivity index (χ0) is 10.7. The van der Waals surface area contributed by atoms with Gasteiger partial charge >= 0.3 is 0 Å². The third-order valence-corrected chi connectivity index (χ3v) is 2.69. The molecule has 0 radical (unpaired) electrons. The van der Waals surface area contributed by atoms with Crippen LogP contribution < -0.4 is 5.73 Å². The lowest BCUT2D eigenvalue weighted by Gasteiger charge is -2.26. The standard InChI is InChI=1S/C12H15N3.ClH/c13-12(14)15-8-6-11(7-9-15)10-4-2-1-3-5-10;/h1-6H,7-9H2,(H3,13,14);1H. The lowest BCUT2D eigenvalue weighted by atomic mass is 10.00. The van der Waals surface area contributed by atoms with Crippen LogP contribution in [0.4, 0.5) is 0 Å². The Kier molecular flexibility index (Phi) is 4.38. The Morgan fingerprint density at radius 2 is 1.94 bits per heavy atom. The molecule has 86 valence electrons. The van der Waals surface area contributed by atoms with E-state index in [1.165, 1.54) is 11.1 Å². The van der Waals surface area contributed by atoms with E-state index in [4.69, 9.17) is 11.1 Å². The minimum absolute atomic E-state index is 0. The van der Waals surface area contributed by atoms with E-state index in [-0.39, 0.29) is 18.4 Å². The zero-order valence-electron chi connectivity index (χ0n) is 9.02. The number of hydrogen-bond acceptors (Lipinski definition) is 1. The summed E-state index contributed by atoms with van der Waals surface area (Å²) in [5, 5.41) is 7.33. The number of nitrogens with one attached hydrogen (secondary N) is 1. The molecule has 1 aliphatic rings. The van der Waals surface area contributed by atoms with E-state index in [2.05, 4.69) is 18.2 Å². The topological polar surface area (TPSA) is 53.1 Å². The molecule has 0 aliphatic carbocycles. The van der Waals surface area contributed by atoms with Gasteiger partial charge in [-0.2, -0.15) is 0 Å². The van der Waals surface area contributed by atoms with Crippen molar-refractivity contribution >= 4 is 23.9 Å². The molecule has 0 aromatic heterocycles. The molecule has 1 aromatic rings. The van der Waals surface area contributed by atoms with E-state index < -0.39 is 0 Å². The molecule has 3 nitrogen and oxygen atoms in total. The van der Waals surface area contributed by atoms with Crippen LogP contribution in [0.5, 0.6) is 0 Å². The van der Waals surface area contributed by atoms with Crippen molar-refractivity contribution in [2.75, 3.05) is 13.1 Å². The highest BCUT2D eigenvalue weighted by Gasteiger charge is 2.12. The van der Waals surface area contributed by atoms with Gasteiger partial charge in [-0.25, -0.2) is 0 Å². The zero-order valence-corrected chi connectivity index (χ0v) is 9.83. The molecule has 16 heavy (non-hydrogen) atoms. The van der Waals surface area contributed by atoms with Crippen molar-refractivity contribution in [2.24, 2.45) is 5.73 Å². The molecule has 3 N–H and O–H groups in total. The first-order valence-electron chi connectivity index (χ1n) is 5.11. The molecular formula is C12H16ClN3. The number of benzene rings is 1. The summed E-state index contributed by atoms with van der Waals surface area (Å²) in [5.74, 6) is 0.165. The van der Waals surface area contributed by atoms with E-state index >= 15 is 0 Å². The van der Waals surface area contributed by atoms with Crippen LogP contribution in [0.1, 0.15) is 12.0 Å². The lowest BCUT2D eigenvalue weighted by molar-refractivity contribution is 0.451. The quantitative estimate of drug-likeness (QED) is 0.581. The Morgan fingerprint density at radius 3 is 2.44 bits per heavy atom. The number of hydrogen-bond donors (Lipinski definition) is 2. The maximum atomic E-state index is 7.33. The van der Waals surface area contributed by atoms with E-state index in [0.29, 0.717) is 0 Å². The van der Waals surface area contributed by atoms with Crippen LogP contribution in [-0.2, 0) is 0 Å². The van der Waals surface area contributed by atoms with E-state index in [0.717, 1.165) is 19.5 Å². The second-order valence-electron chi connectivity index (χ2n) is 3.68. The van der Waals surface area contributed by atoms with Crippen molar-refractivity contribution in [2.45, 2.75) is 6.42 Å². The summed E-state index contributed by atoms with van der Waals surface area (Å²) in [4.78, 5) is 1.87. The van der Waals surface area contributed by atoms with Crippen molar-refractivity contribution in [3.05, 3.63) is 42.0 Å². The monoisotopic (exact) mass is 237 g/mol. The molecule has 0 unspecified atom stereocenters. The smallest absolute Gasteiger partial charge is 0.188 e. The van der Waals surface area contributed by atoms with Gasteiger partial charge in [-0.15, -0.1) is 12.4 Å². The largest absolute Gasteiger partial charge is 0.370 e. The molecule has 4 heteroatoms. The first-order chi connectivity index (χ1) is 7.27. The fourth-order valence-electron chi connectivity index (χ4n) is 1.80. The van der Waals surface area contributed by atoms with Crippen LogP contribution in [0.2, 0.25) is 0 Å². The van der Waals surface area contributed by atoms with Gasteiger partial charge in [0.05, 0.1) is 0 Å². The Hall–Kier alpha value is -1.48. The molecule has 0 bridgehead atoms. The van der Waals surface area contributed by atoms with Gasteiger partial charge in [0, 0.05) is 13.1 Å². The van der Waals surface area contributed by atoms with Crippen molar-refractivity contribution in [1.82, 2.24) is 4.90 Å². The third-order valence-electron chi connectivity index (χ3n) is 2.69. The van der Waals surface area contributed by atoms with Gasteiger partial charge in [0.2, 0.25) is 0 Å². The fraction of sp³-hybridized carbons (Fsp3) is 0.250. The van der Waals surface area contributed by atoms with Gasteiger partial charge in [0.1, 0.15) is 0 Å². The third kappa shape index (κ3) is 2.76. The summed E-state index contributed by atoms with van der Waals surface area (Å²) >= 11 is 0. The van der Waals surface area contributed by atoms with E-state index in [1.807, 2.05) is 23.1 Å². The van der Waals surface area contributed by atoms with Gasteiger partial charge in [-0.1, -0.05) is 36.4 Å². The number of halogens is 1. The van der Waals surface area contributed by atoms with Crippen molar-refractivity contribution < 1.29 is 0 Å². The van der Waals surface area contributed by atoms with Crippen LogP contribution in [0.25, 0.3) is 5.57 Å². The van der Waals surface area contributed by atoms with Crippen molar-refractivity contribution in [3.8, 4) is 0 Å². The SMILES string of the molecule is Cl.N=C(N)N1CC=C(c2ccccc2)CC1. The molecule has 2 rings (SSSR count). The Bertz CT molecular complexity index is 387. The maximum absolute atomic E-state index is 7.33. The second-order valence-corrected chi connectivity index (χ2v) is 3.68. The molecule has 0 saturated heterocycles. The van der Waals surface area contributed by atoms with Crippen molar-refractivity contribution in [1.29, 1.82) is 5.41 Å². The number of nitrogens with two attached hydrogens (primary N) is 1. The molecule has 0 spiro atoms.